The molecule has 1 aromatic carbocycles. The van der Waals surface area contributed by atoms with Gasteiger partial charge in [0.2, 0.25) is 0 Å². The highest BCUT2D eigenvalue weighted by molar-refractivity contribution is 5.68. The highest BCUT2D eigenvalue weighted by Gasteiger charge is 2.24. The van der Waals surface area contributed by atoms with Gasteiger partial charge >= 0.3 is 0 Å². The molecule has 1 aliphatic rings. The molecule has 2 nitrogen and oxygen atoms in total. The fourth-order valence-electron chi connectivity index (χ4n) is 1.82. The van der Waals surface area contributed by atoms with Gasteiger partial charge in [0.1, 0.15) is 6.10 Å². The molecule has 14 heavy (non-hydrogen) atoms. The van der Waals surface area contributed by atoms with E-state index in [1.54, 1.807) is 0 Å². The molecular formula is C12H15NO. The predicted octanol–water partition coefficient (Wildman–Crippen LogP) is 2.68. The molecule has 0 amide bonds. The van der Waals surface area contributed by atoms with Gasteiger partial charge in [-0.1, -0.05) is 30.3 Å². The van der Waals surface area contributed by atoms with Crippen LogP contribution >= 0.6 is 0 Å². The van der Waals surface area contributed by atoms with Crippen LogP contribution in [0.15, 0.2) is 35.9 Å². The van der Waals surface area contributed by atoms with Crippen LogP contribution in [0, 0.1) is 0 Å². The molecule has 0 bridgehead atoms. The molecule has 0 saturated heterocycles. The summed E-state index contributed by atoms with van der Waals surface area (Å²) >= 11 is 0. The summed E-state index contributed by atoms with van der Waals surface area (Å²) < 4.78 is 0. The molecule has 0 spiro atoms. The van der Waals surface area contributed by atoms with Crippen LogP contribution in [-0.4, -0.2) is 18.2 Å². The Bertz CT molecular complexity index is 356. The first-order valence-corrected chi connectivity index (χ1v) is 4.87. The number of benzene rings is 1. The highest BCUT2D eigenvalue weighted by atomic mass is 16.7. The Kier molecular flexibility index (Phi) is 2.30. The molecule has 2 heteroatoms. The predicted molar refractivity (Wildman–Crippen MR) is 57.3 cm³/mol. The minimum Gasteiger partial charge on any atom is -0.266 e. The molecule has 0 aliphatic carbocycles. The summed E-state index contributed by atoms with van der Waals surface area (Å²) in [5, 5.41) is 1.86. The number of rotatable bonds is 1. The van der Waals surface area contributed by atoms with Crippen molar-refractivity contribution < 1.29 is 4.84 Å². The van der Waals surface area contributed by atoms with Gasteiger partial charge in [-0.25, -0.2) is 0 Å². The molecule has 1 atom stereocenters. The van der Waals surface area contributed by atoms with E-state index < -0.39 is 0 Å². The molecule has 74 valence electrons. The van der Waals surface area contributed by atoms with E-state index in [1.807, 2.05) is 30.3 Å². The van der Waals surface area contributed by atoms with Crippen molar-refractivity contribution in [2.45, 2.75) is 20.0 Å². The van der Waals surface area contributed by atoms with Gasteiger partial charge in [-0.05, 0) is 19.4 Å². The van der Waals surface area contributed by atoms with Crippen molar-refractivity contribution in [3.63, 3.8) is 0 Å². The molecule has 0 saturated carbocycles. The van der Waals surface area contributed by atoms with Crippen molar-refractivity contribution in [2.75, 3.05) is 7.05 Å². The maximum Gasteiger partial charge on any atom is 0.106 e. The van der Waals surface area contributed by atoms with Gasteiger partial charge in [-0.15, -0.1) is 0 Å². The lowest BCUT2D eigenvalue weighted by atomic mass is 10.1. The first-order chi connectivity index (χ1) is 6.70. The van der Waals surface area contributed by atoms with Crippen LogP contribution in [0.25, 0.3) is 5.70 Å². The summed E-state index contributed by atoms with van der Waals surface area (Å²) in [5.74, 6) is 0. The van der Waals surface area contributed by atoms with Gasteiger partial charge in [0.05, 0.1) is 5.70 Å². The zero-order valence-corrected chi connectivity index (χ0v) is 8.82. The Morgan fingerprint density at radius 3 is 2.36 bits per heavy atom. The lowest BCUT2D eigenvalue weighted by Gasteiger charge is -2.15. The number of hydrogen-bond donors (Lipinski definition) is 0. The standard InChI is InChI=1S/C12H15NO/c1-9-10(2)14-13(3)12(9)11-7-5-4-6-8-11/h4-8,10H,1-3H3. The zero-order chi connectivity index (χ0) is 10.1. The van der Waals surface area contributed by atoms with Crippen molar-refractivity contribution in [1.29, 1.82) is 0 Å². The molecule has 1 heterocycles. The maximum atomic E-state index is 5.60. The average molecular weight is 189 g/mol. The summed E-state index contributed by atoms with van der Waals surface area (Å²) in [4.78, 5) is 5.60. The fourth-order valence-corrected chi connectivity index (χ4v) is 1.82. The van der Waals surface area contributed by atoms with Crippen LogP contribution in [0.5, 0.6) is 0 Å². The first-order valence-electron chi connectivity index (χ1n) is 4.87. The lowest BCUT2D eigenvalue weighted by Crippen LogP contribution is -2.13. The second-order valence-electron chi connectivity index (χ2n) is 3.64. The quantitative estimate of drug-likeness (QED) is 0.673. The minimum absolute atomic E-state index is 0.190. The van der Waals surface area contributed by atoms with E-state index in [9.17, 15) is 0 Å². The summed E-state index contributed by atoms with van der Waals surface area (Å²) in [5.41, 5.74) is 3.70. The van der Waals surface area contributed by atoms with E-state index >= 15 is 0 Å². The van der Waals surface area contributed by atoms with Crippen LogP contribution in [0.3, 0.4) is 0 Å². The summed E-state index contributed by atoms with van der Waals surface area (Å²) in [7, 11) is 1.95. The van der Waals surface area contributed by atoms with E-state index in [2.05, 4.69) is 26.0 Å². The topological polar surface area (TPSA) is 12.5 Å². The first kappa shape index (κ1) is 9.28. The Morgan fingerprint density at radius 1 is 1.21 bits per heavy atom. The number of hydroxylamine groups is 2. The van der Waals surface area contributed by atoms with Gasteiger partial charge in [0.25, 0.3) is 0 Å². The Labute approximate surface area is 84.8 Å². The van der Waals surface area contributed by atoms with Gasteiger partial charge in [-0.2, -0.15) is 0 Å². The van der Waals surface area contributed by atoms with Gasteiger partial charge in [0, 0.05) is 12.6 Å². The van der Waals surface area contributed by atoms with Crippen molar-refractivity contribution in [3.05, 3.63) is 41.5 Å². The van der Waals surface area contributed by atoms with Crippen molar-refractivity contribution >= 4 is 5.70 Å². The summed E-state index contributed by atoms with van der Waals surface area (Å²) in [6, 6.07) is 10.3. The Hall–Kier alpha value is -1.28. The van der Waals surface area contributed by atoms with Crippen molar-refractivity contribution in [3.8, 4) is 0 Å². The molecule has 2 rings (SSSR count). The van der Waals surface area contributed by atoms with E-state index in [1.165, 1.54) is 16.8 Å². The minimum atomic E-state index is 0.190. The van der Waals surface area contributed by atoms with Crippen LogP contribution in [0.4, 0.5) is 0 Å². The molecular weight excluding hydrogens is 174 g/mol. The molecule has 0 fully saturated rings. The second kappa shape index (κ2) is 3.46. The highest BCUT2D eigenvalue weighted by Crippen LogP contribution is 2.31. The summed E-state index contributed by atoms with van der Waals surface area (Å²) in [6.07, 6.45) is 0.190. The zero-order valence-electron chi connectivity index (χ0n) is 8.82. The van der Waals surface area contributed by atoms with Crippen LogP contribution in [0.1, 0.15) is 19.4 Å². The number of nitrogens with zero attached hydrogens (tertiary/aromatic N) is 1. The van der Waals surface area contributed by atoms with Crippen LogP contribution in [-0.2, 0) is 4.84 Å². The third kappa shape index (κ3) is 1.42. The third-order valence-electron chi connectivity index (χ3n) is 2.66. The van der Waals surface area contributed by atoms with Crippen LogP contribution in [0.2, 0.25) is 0 Å². The molecule has 1 aliphatic heterocycles. The van der Waals surface area contributed by atoms with E-state index in [4.69, 9.17) is 4.84 Å². The van der Waals surface area contributed by atoms with Gasteiger partial charge in [-0.3, -0.25) is 9.90 Å². The maximum absolute atomic E-state index is 5.60. The molecule has 0 aromatic heterocycles. The Morgan fingerprint density at radius 2 is 1.86 bits per heavy atom. The molecule has 1 aromatic rings. The van der Waals surface area contributed by atoms with Crippen molar-refractivity contribution in [2.24, 2.45) is 0 Å². The molecule has 0 radical (unpaired) electrons. The molecule has 1 unspecified atom stereocenters. The largest absolute Gasteiger partial charge is 0.266 e. The van der Waals surface area contributed by atoms with E-state index in [0.29, 0.717) is 0 Å². The average Bonchev–Trinajstić information content (AvgIpc) is 2.43. The molecule has 0 N–H and O–H groups in total. The van der Waals surface area contributed by atoms with Gasteiger partial charge in [0.15, 0.2) is 0 Å². The van der Waals surface area contributed by atoms with Crippen molar-refractivity contribution in [1.82, 2.24) is 5.06 Å². The van der Waals surface area contributed by atoms with E-state index in [0.717, 1.165) is 0 Å². The lowest BCUT2D eigenvalue weighted by molar-refractivity contribution is -0.0976. The normalized spacial score (nSPS) is 21.9. The van der Waals surface area contributed by atoms with E-state index in [-0.39, 0.29) is 6.10 Å². The van der Waals surface area contributed by atoms with Crippen LogP contribution < -0.4 is 0 Å². The van der Waals surface area contributed by atoms with Gasteiger partial charge < -0.3 is 0 Å². The SMILES string of the molecule is CC1=C(c2ccccc2)N(C)OC1C. The summed E-state index contributed by atoms with van der Waals surface area (Å²) in [6.45, 7) is 4.19. The smallest absolute Gasteiger partial charge is 0.106 e. The third-order valence-corrected chi connectivity index (χ3v) is 2.66. The number of hydrogen-bond acceptors (Lipinski definition) is 2. The second-order valence-corrected chi connectivity index (χ2v) is 3.64. The monoisotopic (exact) mass is 189 g/mol. The Balaban J connectivity index is 2.44. The fraction of sp³-hybridized carbons (Fsp3) is 0.333.